The first-order valence-corrected chi connectivity index (χ1v) is 8.22. The number of urea groups is 1. The number of methoxy groups -OCH3 is 1. The highest BCUT2D eigenvalue weighted by atomic mass is 19.1. The molecule has 0 bridgehead atoms. The summed E-state index contributed by atoms with van der Waals surface area (Å²) < 4.78 is 29.7. The maximum absolute atomic E-state index is 14.0. The monoisotopic (exact) mass is 340 g/mol. The zero-order valence-electron chi connectivity index (χ0n) is 14.2. The van der Waals surface area contributed by atoms with Gasteiger partial charge in [0.25, 0.3) is 0 Å². The summed E-state index contributed by atoms with van der Waals surface area (Å²) in [6.07, 6.45) is 1.93. The van der Waals surface area contributed by atoms with Crippen molar-refractivity contribution in [3.05, 3.63) is 24.0 Å². The van der Waals surface area contributed by atoms with E-state index in [2.05, 4.69) is 5.32 Å². The zero-order valence-corrected chi connectivity index (χ0v) is 14.2. The van der Waals surface area contributed by atoms with E-state index in [-0.39, 0.29) is 24.5 Å². The second-order valence-electron chi connectivity index (χ2n) is 5.58. The molecular weight excluding hydrogens is 315 g/mol. The molecule has 2 rings (SSSR count). The molecule has 2 amide bonds. The number of nitrogens with one attached hydrogen (secondary N) is 1. The Kier molecular flexibility index (Phi) is 7.27. The predicted molar refractivity (Wildman–Crippen MR) is 89.0 cm³/mol. The molecule has 1 N–H and O–H groups in total. The van der Waals surface area contributed by atoms with Crippen LogP contribution in [0.5, 0.6) is 5.75 Å². The first-order chi connectivity index (χ1) is 11.6. The lowest BCUT2D eigenvalue weighted by molar-refractivity contribution is 0.0181. The first kappa shape index (κ1) is 18.5. The largest absolute Gasteiger partial charge is 0.488 e. The molecule has 1 unspecified atom stereocenters. The van der Waals surface area contributed by atoms with Crippen molar-refractivity contribution < 1.29 is 23.4 Å². The maximum atomic E-state index is 14.0. The van der Waals surface area contributed by atoms with Gasteiger partial charge < -0.3 is 24.4 Å². The van der Waals surface area contributed by atoms with E-state index < -0.39 is 5.82 Å². The summed E-state index contributed by atoms with van der Waals surface area (Å²) >= 11 is 0. The third-order valence-electron chi connectivity index (χ3n) is 3.80. The Morgan fingerprint density at radius 1 is 1.42 bits per heavy atom. The number of amides is 2. The van der Waals surface area contributed by atoms with E-state index >= 15 is 0 Å². The topological polar surface area (TPSA) is 60.0 Å². The van der Waals surface area contributed by atoms with E-state index in [0.29, 0.717) is 32.0 Å². The minimum atomic E-state index is -0.519. The van der Waals surface area contributed by atoms with Gasteiger partial charge in [0.05, 0.1) is 12.7 Å². The number of carbonyl (C=O) groups is 1. The molecule has 24 heavy (non-hydrogen) atoms. The van der Waals surface area contributed by atoms with E-state index in [9.17, 15) is 9.18 Å². The van der Waals surface area contributed by atoms with Crippen LogP contribution in [0.3, 0.4) is 0 Å². The number of halogens is 1. The summed E-state index contributed by atoms with van der Waals surface area (Å²) in [5, 5.41) is 2.72. The van der Waals surface area contributed by atoms with E-state index in [1.54, 1.807) is 18.1 Å². The molecular formula is C17H25FN2O4. The number of ether oxygens (including phenoxy) is 3. The number of hydrogen-bond donors (Lipinski definition) is 1. The third kappa shape index (κ3) is 5.35. The molecule has 1 aromatic carbocycles. The molecule has 1 atom stereocenters. The Balaban J connectivity index is 1.90. The highest BCUT2D eigenvalue weighted by molar-refractivity contribution is 5.89. The van der Waals surface area contributed by atoms with Crippen LogP contribution in [0.2, 0.25) is 0 Å². The molecule has 0 radical (unpaired) electrons. The fraction of sp³-hybridized carbons (Fsp3) is 0.588. The Bertz CT molecular complexity index is 539. The second-order valence-corrected chi connectivity index (χ2v) is 5.58. The number of hydrogen-bond acceptors (Lipinski definition) is 4. The van der Waals surface area contributed by atoms with Gasteiger partial charge in [-0.25, -0.2) is 9.18 Å². The van der Waals surface area contributed by atoms with Gasteiger partial charge in [0.15, 0.2) is 11.6 Å². The lowest BCUT2D eigenvalue weighted by atomic mass is 10.1. The number of benzene rings is 1. The van der Waals surface area contributed by atoms with Crippen molar-refractivity contribution in [2.24, 2.45) is 0 Å². The average molecular weight is 340 g/mol. The number of rotatable bonds is 7. The standard InChI is InChI=1S/C17H25FN2O4/c1-3-23-14-5-4-8-20(12-14)17(21)19-13-6-7-16(15(18)11-13)24-10-9-22-2/h6-7,11,14H,3-5,8-10,12H2,1-2H3,(H,19,21). The van der Waals surface area contributed by atoms with Crippen molar-refractivity contribution in [3.8, 4) is 5.75 Å². The highest BCUT2D eigenvalue weighted by Gasteiger charge is 2.24. The predicted octanol–water partition coefficient (Wildman–Crippen LogP) is 2.88. The van der Waals surface area contributed by atoms with Gasteiger partial charge in [-0.2, -0.15) is 0 Å². The van der Waals surface area contributed by atoms with Crippen LogP contribution >= 0.6 is 0 Å². The summed E-state index contributed by atoms with van der Waals surface area (Å²) in [5.74, 6) is -0.380. The molecule has 0 aliphatic carbocycles. The number of likely N-dealkylation sites (tertiary alicyclic amines) is 1. The molecule has 1 heterocycles. The van der Waals surface area contributed by atoms with Crippen LogP contribution in [0.1, 0.15) is 19.8 Å². The average Bonchev–Trinajstić information content (AvgIpc) is 2.57. The van der Waals surface area contributed by atoms with E-state index in [4.69, 9.17) is 14.2 Å². The Morgan fingerprint density at radius 3 is 2.96 bits per heavy atom. The van der Waals surface area contributed by atoms with E-state index in [0.717, 1.165) is 12.8 Å². The van der Waals surface area contributed by atoms with Crippen molar-refractivity contribution in [1.29, 1.82) is 0 Å². The molecule has 6 nitrogen and oxygen atoms in total. The van der Waals surface area contributed by atoms with Gasteiger partial charge in [-0.1, -0.05) is 0 Å². The normalized spacial score (nSPS) is 17.6. The van der Waals surface area contributed by atoms with Gasteiger partial charge in [-0.05, 0) is 31.9 Å². The van der Waals surface area contributed by atoms with Gasteiger partial charge >= 0.3 is 6.03 Å². The van der Waals surface area contributed by atoms with Crippen molar-refractivity contribution in [2.75, 3.05) is 45.3 Å². The Labute approximate surface area is 141 Å². The summed E-state index contributed by atoms with van der Waals surface area (Å²) in [6, 6.07) is 4.13. The minimum Gasteiger partial charge on any atom is -0.488 e. The highest BCUT2D eigenvalue weighted by Crippen LogP contribution is 2.22. The van der Waals surface area contributed by atoms with Gasteiger partial charge in [0.1, 0.15) is 6.61 Å². The minimum absolute atomic E-state index is 0.0720. The second kappa shape index (κ2) is 9.44. The molecule has 1 aliphatic heterocycles. The Hall–Kier alpha value is -1.86. The lowest BCUT2D eigenvalue weighted by Crippen LogP contribution is -2.45. The van der Waals surface area contributed by atoms with Crippen LogP contribution in [0.4, 0.5) is 14.9 Å². The van der Waals surface area contributed by atoms with E-state index in [1.807, 2.05) is 6.92 Å². The fourth-order valence-electron chi connectivity index (χ4n) is 2.63. The van der Waals surface area contributed by atoms with Crippen molar-refractivity contribution in [1.82, 2.24) is 4.90 Å². The molecule has 1 saturated heterocycles. The summed E-state index contributed by atoms with van der Waals surface area (Å²) in [5.41, 5.74) is 0.398. The molecule has 1 aliphatic rings. The maximum Gasteiger partial charge on any atom is 0.321 e. The molecule has 134 valence electrons. The van der Waals surface area contributed by atoms with Crippen LogP contribution in [-0.2, 0) is 9.47 Å². The zero-order chi connectivity index (χ0) is 17.4. The quantitative estimate of drug-likeness (QED) is 0.776. The van der Waals surface area contributed by atoms with Crippen LogP contribution in [0.15, 0.2) is 18.2 Å². The SMILES string of the molecule is CCOC1CCCN(C(=O)Nc2ccc(OCCOC)c(F)c2)C1. The molecule has 0 saturated carbocycles. The van der Waals surface area contributed by atoms with Crippen LogP contribution < -0.4 is 10.1 Å². The number of piperidine rings is 1. The Morgan fingerprint density at radius 2 is 2.25 bits per heavy atom. The fourth-order valence-corrected chi connectivity index (χ4v) is 2.63. The number of carbonyl (C=O) groups excluding carboxylic acids is 1. The van der Waals surface area contributed by atoms with Gasteiger partial charge in [-0.3, -0.25) is 0 Å². The molecule has 0 aromatic heterocycles. The van der Waals surface area contributed by atoms with Gasteiger partial charge in [0, 0.05) is 38.6 Å². The molecule has 1 aromatic rings. The molecule has 7 heteroatoms. The van der Waals surface area contributed by atoms with Crippen LogP contribution in [0.25, 0.3) is 0 Å². The molecule has 1 fully saturated rings. The molecule has 0 spiro atoms. The van der Waals surface area contributed by atoms with Crippen molar-refractivity contribution >= 4 is 11.7 Å². The summed E-state index contributed by atoms with van der Waals surface area (Å²) in [7, 11) is 1.55. The number of anilines is 1. The van der Waals surface area contributed by atoms with Gasteiger partial charge in [0.2, 0.25) is 0 Å². The summed E-state index contributed by atoms with van der Waals surface area (Å²) in [6.45, 7) is 4.46. The van der Waals surface area contributed by atoms with Crippen LogP contribution in [0, 0.1) is 5.82 Å². The number of nitrogens with zero attached hydrogens (tertiary/aromatic N) is 1. The lowest BCUT2D eigenvalue weighted by Gasteiger charge is -2.32. The first-order valence-electron chi connectivity index (χ1n) is 8.22. The van der Waals surface area contributed by atoms with Crippen molar-refractivity contribution in [3.63, 3.8) is 0 Å². The smallest absolute Gasteiger partial charge is 0.321 e. The third-order valence-corrected chi connectivity index (χ3v) is 3.80. The van der Waals surface area contributed by atoms with Crippen molar-refractivity contribution in [2.45, 2.75) is 25.9 Å². The van der Waals surface area contributed by atoms with Crippen LogP contribution in [-0.4, -0.2) is 57.1 Å². The van der Waals surface area contributed by atoms with Gasteiger partial charge in [-0.15, -0.1) is 0 Å². The summed E-state index contributed by atoms with van der Waals surface area (Å²) in [4.78, 5) is 14.0. The van der Waals surface area contributed by atoms with E-state index in [1.165, 1.54) is 12.1 Å².